The van der Waals surface area contributed by atoms with Crippen LogP contribution in [0.2, 0.25) is 0 Å². The van der Waals surface area contributed by atoms with Gasteiger partial charge in [-0.2, -0.15) is 0 Å². The van der Waals surface area contributed by atoms with Crippen LogP contribution in [0.3, 0.4) is 0 Å². The van der Waals surface area contributed by atoms with E-state index in [4.69, 9.17) is 0 Å². The van der Waals surface area contributed by atoms with E-state index in [-0.39, 0.29) is 11.8 Å². The first kappa shape index (κ1) is 16.2. The minimum Gasteiger partial charge on any atom is -0.370 e. The molecular formula is C14H22N2O2. The van der Waals surface area contributed by atoms with Gasteiger partial charge in [0.05, 0.1) is 0 Å². The van der Waals surface area contributed by atoms with Crippen molar-refractivity contribution < 1.29 is 9.59 Å². The summed E-state index contributed by atoms with van der Waals surface area (Å²) in [5.41, 5.74) is 12.1. The monoisotopic (exact) mass is 250 g/mol. The van der Waals surface area contributed by atoms with Crippen LogP contribution in [-0.4, -0.2) is 11.8 Å². The van der Waals surface area contributed by atoms with Crippen molar-refractivity contribution in [3.8, 4) is 0 Å². The van der Waals surface area contributed by atoms with Crippen molar-refractivity contribution >= 4 is 11.8 Å². The van der Waals surface area contributed by atoms with Gasteiger partial charge in [-0.3, -0.25) is 9.59 Å². The molecule has 0 aliphatic heterocycles. The zero-order valence-corrected chi connectivity index (χ0v) is 11.1. The molecule has 0 aromatic heterocycles. The summed E-state index contributed by atoms with van der Waals surface area (Å²) in [6, 6.07) is 8.80. The highest BCUT2D eigenvalue weighted by atomic mass is 16.1. The molecule has 0 saturated carbocycles. The number of hydrogen-bond donors (Lipinski definition) is 2. The van der Waals surface area contributed by atoms with E-state index < -0.39 is 0 Å². The SMILES string of the molecule is CC(N)=O.CC(N)=O.c1ccc2c(c1)CCCC2. The van der Waals surface area contributed by atoms with Crippen LogP contribution in [0.15, 0.2) is 24.3 Å². The Kier molecular flexibility index (Phi) is 8.27. The number of aryl methyl sites for hydroxylation is 2. The van der Waals surface area contributed by atoms with Crippen molar-refractivity contribution in [2.75, 3.05) is 0 Å². The minimum atomic E-state index is -0.333. The summed E-state index contributed by atoms with van der Waals surface area (Å²) in [5.74, 6) is -0.667. The molecule has 2 rings (SSSR count). The number of rotatable bonds is 0. The molecule has 0 atom stereocenters. The molecule has 0 radical (unpaired) electrons. The highest BCUT2D eigenvalue weighted by molar-refractivity contribution is 5.70. The van der Waals surface area contributed by atoms with Gasteiger partial charge >= 0.3 is 0 Å². The van der Waals surface area contributed by atoms with Gasteiger partial charge in [0.2, 0.25) is 11.8 Å². The Labute approximate surface area is 108 Å². The van der Waals surface area contributed by atoms with Crippen molar-refractivity contribution in [2.45, 2.75) is 39.5 Å². The predicted octanol–water partition coefficient (Wildman–Crippen LogP) is 1.55. The van der Waals surface area contributed by atoms with Gasteiger partial charge in [-0.25, -0.2) is 0 Å². The first-order chi connectivity index (χ1) is 8.43. The molecule has 1 aliphatic carbocycles. The van der Waals surface area contributed by atoms with E-state index in [1.807, 2.05) is 0 Å². The first-order valence-electron chi connectivity index (χ1n) is 6.02. The van der Waals surface area contributed by atoms with Crippen molar-refractivity contribution in [3.05, 3.63) is 35.4 Å². The predicted molar refractivity (Wildman–Crippen MR) is 72.8 cm³/mol. The normalized spacial score (nSPS) is 11.9. The summed E-state index contributed by atoms with van der Waals surface area (Å²) in [6.45, 7) is 2.61. The van der Waals surface area contributed by atoms with Gasteiger partial charge in [0.15, 0.2) is 0 Å². The van der Waals surface area contributed by atoms with E-state index in [2.05, 4.69) is 35.7 Å². The van der Waals surface area contributed by atoms with Crippen LogP contribution < -0.4 is 11.5 Å². The molecule has 18 heavy (non-hydrogen) atoms. The second-order valence-corrected chi connectivity index (χ2v) is 4.20. The van der Waals surface area contributed by atoms with Gasteiger partial charge in [-0.05, 0) is 36.8 Å². The number of primary amides is 2. The summed E-state index contributed by atoms with van der Waals surface area (Å²) in [5, 5.41) is 0. The lowest BCUT2D eigenvalue weighted by molar-refractivity contribution is -0.116. The molecule has 1 aliphatic rings. The molecule has 100 valence electrons. The Balaban J connectivity index is 0.000000307. The average Bonchev–Trinajstić information content (AvgIpc) is 2.28. The molecule has 1 aromatic rings. The number of amides is 2. The molecule has 0 heterocycles. The molecule has 4 nitrogen and oxygen atoms in total. The van der Waals surface area contributed by atoms with Crippen LogP contribution in [-0.2, 0) is 22.4 Å². The maximum absolute atomic E-state index is 9.22. The molecule has 2 amide bonds. The van der Waals surface area contributed by atoms with E-state index in [1.165, 1.54) is 39.5 Å². The number of fused-ring (bicyclic) bond motifs is 1. The quantitative estimate of drug-likeness (QED) is 0.732. The largest absolute Gasteiger partial charge is 0.370 e. The third-order valence-corrected chi connectivity index (χ3v) is 2.26. The lowest BCUT2D eigenvalue weighted by Crippen LogP contribution is -2.01. The van der Waals surface area contributed by atoms with E-state index in [0.717, 1.165) is 0 Å². The van der Waals surface area contributed by atoms with Crippen molar-refractivity contribution in [1.29, 1.82) is 0 Å². The fraction of sp³-hybridized carbons (Fsp3) is 0.429. The third-order valence-electron chi connectivity index (χ3n) is 2.26. The lowest BCUT2D eigenvalue weighted by atomic mass is 9.92. The molecule has 0 unspecified atom stereocenters. The van der Waals surface area contributed by atoms with E-state index in [9.17, 15) is 9.59 Å². The summed E-state index contributed by atoms with van der Waals surface area (Å²) >= 11 is 0. The Bertz CT molecular complexity index is 344. The van der Waals surface area contributed by atoms with Crippen LogP contribution in [0.1, 0.15) is 37.8 Å². The van der Waals surface area contributed by atoms with Crippen molar-refractivity contribution in [3.63, 3.8) is 0 Å². The zero-order chi connectivity index (χ0) is 14.0. The molecule has 0 fully saturated rings. The topological polar surface area (TPSA) is 86.2 Å². The van der Waals surface area contributed by atoms with Gasteiger partial charge in [0.1, 0.15) is 0 Å². The standard InChI is InChI=1S/C10H12.2C2H5NO/c1-2-6-10-8-4-3-7-9(10)5-1;2*1-2(3)4/h1-2,5-6H,3-4,7-8H2;2*1H3,(H2,3,4). The van der Waals surface area contributed by atoms with Crippen LogP contribution in [0.25, 0.3) is 0 Å². The molecule has 0 bridgehead atoms. The van der Waals surface area contributed by atoms with E-state index in [0.29, 0.717) is 0 Å². The van der Waals surface area contributed by atoms with Crippen LogP contribution in [0, 0.1) is 0 Å². The molecule has 0 saturated heterocycles. The van der Waals surface area contributed by atoms with Gasteiger partial charge in [-0.1, -0.05) is 24.3 Å². The van der Waals surface area contributed by atoms with E-state index >= 15 is 0 Å². The number of hydrogen-bond acceptors (Lipinski definition) is 2. The number of benzene rings is 1. The van der Waals surface area contributed by atoms with E-state index in [1.54, 1.807) is 11.1 Å². The molecular weight excluding hydrogens is 228 g/mol. The molecule has 4 heteroatoms. The smallest absolute Gasteiger partial charge is 0.214 e. The molecule has 4 N–H and O–H groups in total. The second-order valence-electron chi connectivity index (χ2n) is 4.20. The number of carbonyl (C=O) groups excluding carboxylic acids is 2. The first-order valence-corrected chi connectivity index (χ1v) is 6.02. The van der Waals surface area contributed by atoms with Gasteiger partial charge in [0, 0.05) is 13.8 Å². The van der Waals surface area contributed by atoms with Crippen LogP contribution >= 0.6 is 0 Å². The van der Waals surface area contributed by atoms with Gasteiger partial charge in [-0.15, -0.1) is 0 Å². The third kappa shape index (κ3) is 9.39. The maximum atomic E-state index is 9.22. The number of nitrogens with two attached hydrogens (primary N) is 2. The maximum Gasteiger partial charge on any atom is 0.214 e. The Morgan fingerprint density at radius 3 is 1.44 bits per heavy atom. The fourth-order valence-corrected chi connectivity index (χ4v) is 1.68. The minimum absolute atomic E-state index is 0.333. The zero-order valence-electron chi connectivity index (χ0n) is 11.1. The summed E-state index contributed by atoms with van der Waals surface area (Å²) in [6.07, 6.45) is 5.38. The lowest BCUT2D eigenvalue weighted by Gasteiger charge is -2.13. The summed E-state index contributed by atoms with van der Waals surface area (Å²) < 4.78 is 0. The van der Waals surface area contributed by atoms with Crippen LogP contribution in [0.4, 0.5) is 0 Å². The Morgan fingerprint density at radius 1 is 0.889 bits per heavy atom. The van der Waals surface area contributed by atoms with Crippen molar-refractivity contribution in [1.82, 2.24) is 0 Å². The Morgan fingerprint density at radius 2 is 1.17 bits per heavy atom. The second kappa shape index (κ2) is 9.22. The van der Waals surface area contributed by atoms with Gasteiger partial charge in [0.25, 0.3) is 0 Å². The molecule has 1 aromatic carbocycles. The van der Waals surface area contributed by atoms with Crippen LogP contribution in [0.5, 0.6) is 0 Å². The average molecular weight is 250 g/mol. The Hall–Kier alpha value is -1.84. The van der Waals surface area contributed by atoms with Crippen molar-refractivity contribution in [2.24, 2.45) is 11.5 Å². The van der Waals surface area contributed by atoms with Gasteiger partial charge < -0.3 is 11.5 Å². The molecule has 0 spiro atoms. The summed E-state index contributed by atoms with van der Waals surface area (Å²) in [4.78, 5) is 18.4. The number of carbonyl (C=O) groups is 2. The highest BCUT2D eigenvalue weighted by Crippen LogP contribution is 2.19. The summed E-state index contributed by atoms with van der Waals surface area (Å²) in [7, 11) is 0. The highest BCUT2D eigenvalue weighted by Gasteiger charge is 2.05. The fourth-order valence-electron chi connectivity index (χ4n) is 1.68.